The Morgan fingerprint density at radius 3 is 2.72 bits per heavy atom. The second kappa shape index (κ2) is 8.15. The molecular formula is C24H29Cl2N5O. The highest BCUT2D eigenvalue weighted by molar-refractivity contribution is 6.39. The van der Waals surface area contributed by atoms with Gasteiger partial charge in [-0.2, -0.15) is 0 Å². The molecule has 2 aromatic heterocycles. The van der Waals surface area contributed by atoms with Crippen LogP contribution >= 0.6 is 23.2 Å². The van der Waals surface area contributed by atoms with E-state index in [0.717, 1.165) is 57.4 Å². The van der Waals surface area contributed by atoms with E-state index < -0.39 is 0 Å². The van der Waals surface area contributed by atoms with Crippen LogP contribution in [0.3, 0.4) is 0 Å². The quantitative estimate of drug-likeness (QED) is 0.710. The van der Waals surface area contributed by atoms with Crippen molar-refractivity contribution in [2.75, 3.05) is 18.0 Å². The van der Waals surface area contributed by atoms with E-state index in [1.807, 2.05) is 26.1 Å². The first kappa shape index (κ1) is 21.9. The van der Waals surface area contributed by atoms with Crippen LogP contribution in [-0.4, -0.2) is 33.7 Å². The van der Waals surface area contributed by atoms with Gasteiger partial charge in [-0.25, -0.2) is 4.98 Å². The molecule has 1 aliphatic heterocycles. The molecule has 170 valence electrons. The fourth-order valence-corrected chi connectivity index (χ4v) is 6.45. The SMILES string of the molecule is Cc1c(N2CCC3(CC2)c2ncccc2C[C@H]3N)nc(C)n(C2CCCC(Cl)=C2Cl)c1=O. The molecule has 0 saturated carbocycles. The number of fused-ring (bicyclic) bond motifs is 2. The Morgan fingerprint density at radius 2 is 1.97 bits per heavy atom. The zero-order chi connectivity index (χ0) is 22.6. The third-order valence-electron chi connectivity index (χ3n) is 7.70. The molecule has 0 amide bonds. The van der Waals surface area contributed by atoms with E-state index in [-0.39, 0.29) is 23.1 Å². The monoisotopic (exact) mass is 473 g/mol. The Kier molecular flexibility index (Phi) is 5.59. The third-order valence-corrected chi connectivity index (χ3v) is 8.67. The Balaban J connectivity index is 1.44. The molecular weight excluding hydrogens is 445 g/mol. The largest absolute Gasteiger partial charge is 0.356 e. The number of hydrogen-bond donors (Lipinski definition) is 1. The Labute approximate surface area is 198 Å². The molecule has 1 spiro atoms. The molecule has 2 N–H and O–H groups in total. The lowest BCUT2D eigenvalue weighted by Gasteiger charge is -2.43. The van der Waals surface area contributed by atoms with Gasteiger partial charge in [0.25, 0.3) is 5.56 Å². The molecule has 0 bridgehead atoms. The first-order valence-corrected chi connectivity index (χ1v) is 12.2. The standard InChI is InChI=1S/C24H29Cl2N5O/c1-14-22(29-15(2)31(23(14)32)18-7-3-6-17(25)20(18)26)30-11-8-24(9-12-30)19(27)13-16-5-4-10-28-21(16)24/h4-5,10,18-19H,3,6-9,11-13,27H2,1-2H3/t18?,19-/m1/s1. The van der Waals surface area contributed by atoms with Crippen molar-refractivity contribution < 1.29 is 0 Å². The number of nitrogens with zero attached hydrogens (tertiary/aromatic N) is 4. The molecule has 5 rings (SSSR count). The van der Waals surface area contributed by atoms with E-state index in [0.29, 0.717) is 21.5 Å². The van der Waals surface area contributed by atoms with Gasteiger partial charge in [0.1, 0.15) is 11.6 Å². The molecule has 2 aliphatic carbocycles. The van der Waals surface area contributed by atoms with Crippen LogP contribution in [0, 0.1) is 13.8 Å². The Bertz CT molecular complexity index is 1150. The third kappa shape index (κ3) is 3.30. The van der Waals surface area contributed by atoms with Crippen LogP contribution in [0.4, 0.5) is 5.82 Å². The van der Waals surface area contributed by atoms with E-state index in [1.165, 1.54) is 11.3 Å². The number of piperidine rings is 1. The Morgan fingerprint density at radius 1 is 1.22 bits per heavy atom. The summed E-state index contributed by atoms with van der Waals surface area (Å²) < 4.78 is 1.72. The van der Waals surface area contributed by atoms with Crippen molar-refractivity contribution in [2.24, 2.45) is 5.73 Å². The second-order valence-electron chi connectivity index (χ2n) is 9.41. The van der Waals surface area contributed by atoms with E-state index in [4.69, 9.17) is 38.9 Å². The number of allylic oxidation sites excluding steroid dienone is 2. The summed E-state index contributed by atoms with van der Waals surface area (Å²) in [6.45, 7) is 5.35. The molecule has 1 unspecified atom stereocenters. The lowest BCUT2D eigenvalue weighted by molar-refractivity contribution is 0.285. The zero-order valence-corrected chi connectivity index (χ0v) is 20.1. The van der Waals surface area contributed by atoms with Gasteiger partial charge in [0.05, 0.1) is 22.3 Å². The average molecular weight is 474 g/mol. The fraction of sp³-hybridized carbons (Fsp3) is 0.542. The number of halogens is 2. The van der Waals surface area contributed by atoms with Crippen LogP contribution in [0.5, 0.6) is 0 Å². The van der Waals surface area contributed by atoms with Crippen LogP contribution < -0.4 is 16.2 Å². The first-order valence-electron chi connectivity index (χ1n) is 11.4. The highest BCUT2D eigenvalue weighted by atomic mass is 35.5. The van der Waals surface area contributed by atoms with Gasteiger partial charge in [0.2, 0.25) is 0 Å². The Hall–Kier alpha value is -1.89. The summed E-state index contributed by atoms with van der Waals surface area (Å²) in [5.74, 6) is 1.45. The van der Waals surface area contributed by atoms with Crippen LogP contribution in [0.2, 0.25) is 0 Å². The van der Waals surface area contributed by atoms with Gasteiger partial charge in [0.15, 0.2) is 0 Å². The predicted molar refractivity (Wildman–Crippen MR) is 129 cm³/mol. The van der Waals surface area contributed by atoms with Gasteiger partial charge in [-0.15, -0.1) is 0 Å². The van der Waals surface area contributed by atoms with Gasteiger partial charge in [0, 0.05) is 35.8 Å². The molecule has 2 atom stereocenters. The summed E-state index contributed by atoms with van der Waals surface area (Å²) in [6, 6.07) is 4.00. The van der Waals surface area contributed by atoms with Gasteiger partial charge in [-0.1, -0.05) is 29.3 Å². The minimum atomic E-state index is -0.227. The van der Waals surface area contributed by atoms with Gasteiger partial charge >= 0.3 is 0 Å². The van der Waals surface area contributed by atoms with Gasteiger partial charge < -0.3 is 10.6 Å². The van der Waals surface area contributed by atoms with Crippen molar-refractivity contribution >= 4 is 29.0 Å². The molecule has 32 heavy (non-hydrogen) atoms. The maximum absolute atomic E-state index is 13.4. The van der Waals surface area contributed by atoms with Gasteiger partial charge in [-0.05, 0) is 64.0 Å². The fourth-order valence-electron chi connectivity index (χ4n) is 5.89. The minimum absolute atomic E-state index is 0.0353. The maximum Gasteiger partial charge on any atom is 0.259 e. The number of anilines is 1. The molecule has 1 fully saturated rings. The van der Waals surface area contributed by atoms with E-state index >= 15 is 0 Å². The highest BCUT2D eigenvalue weighted by Crippen LogP contribution is 2.45. The smallest absolute Gasteiger partial charge is 0.259 e. The molecule has 1 saturated heterocycles. The lowest BCUT2D eigenvalue weighted by atomic mass is 9.73. The molecule has 8 heteroatoms. The topological polar surface area (TPSA) is 77.0 Å². The van der Waals surface area contributed by atoms with Crippen LogP contribution in [-0.2, 0) is 11.8 Å². The molecule has 0 aromatic carbocycles. The predicted octanol–water partition coefficient (Wildman–Crippen LogP) is 4.09. The molecule has 3 aliphatic rings. The molecule has 6 nitrogen and oxygen atoms in total. The summed E-state index contributed by atoms with van der Waals surface area (Å²) in [5.41, 5.74) is 9.61. The number of aromatic nitrogens is 3. The summed E-state index contributed by atoms with van der Waals surface area (Å²) >= 11 is 12.8. The second-order valence-corrected chi connectivity index (χ2v) is 10.3. The summed E-state index contributed by atoms with van der Waals surface area (Å²) in [5, 5.41) is 1.22. The molecule has 3 heterocycles. The number of aryl methyl sites for hydroxylation is 1. The average Bonchev–Trinajstić information content (AvgIpc) is 3.05. The van der Waals surface area contributed by atoms with Gasteiger partial charge in [-0.3, -0.25) is 14.3 Å². The zero-order valence-electron chi connectivity index (χ0n) is 18.6. The first-order chi connectivity index (χ1) is 15.3. The number of hydrogen-bond acceptors (Lipinski definition) is 5. The van der Waals surface area contributed by atoms with Crippen molar-refractivity contribution in [3.05, 3.63) is 61.4 Å². The van der Waals surface area contributed by atoms with Crippen molar-refractivity contribution in [1.29, 1.82) is 0 Å². The van der Waals surface area contributed by atoms with Crippen molar-refractivity contribution in [3.63, 3.8) is 0 Å². The highest BCUT2D eigenvalue weighted by Gasteiger charge is 2.48. The van der Waals surface area contributed by atoms with Crippen LogP contribution in [0.1, 0.15) is 60.8 Å². The van der Waals surface area contributed by atoms with E-state index in [2.05, 4.69) is 11.0 Å². The van der Waals surface area contributed by atoms with Crippen molar-refractivity contribution in [3.8, 4) is 0 Å². The van der Waals surface area contributed by atoms with Crippen LogP contribution in [0.15, 0.2) is 33.2 Å². The van der Waals surface area contributed by atoms with Crippen molar-refractivity contribution in [1.82, 2.24) is 14.5 Å². The number of pyridine rings is 1. The van der Waals surface area contributed by atoms with E-state index in [9.17, 15) is 4.79 Å². The summed E-state index contributed by atoms with van der Waals surface area (Å²) in [7, 11) is 0. The van der Waals surface area contributed by atoms with Crippen LogP contribution in [0.25, 0.3) is 0 Å². The summed E-state index contributed by atoms with van der Waals surface area (Å²) in [6.07, 6.45) is 7.06. The molecule has 0 radical (unpaired) electrons. The number of rotatable bonds is 2. The van der Waals surface area contributed by atoms with E-state index in [1.54, 1.807) is 4.57 Å². The lowest BCUT2D eigenvalue weighted by Crippen LogP contribution is -2.51. The van der Waals surface area contributed by atoms with Crippen molar-refractivity contribution in [2.45, 2.75) is 69.9 Å². The minimum Gasteiger partial charge on any atom is -0.356 e. The molecule has 2 aromatic rings. The number of nitrogens with two attached hydrogens (primary N) is 1. The summed E-state index contributed by atoms with van der Waals surface area (Å²) in [4.78, 5) is 25.2. The normalized spacial score (nSPS) is 24.8. The maximum atomic E-state index is 13.4.